The lowest BCUT2D eigenvalue weighted by Gasteiger charge is -2.24. The van der Waals surface area contributed by atoms with E-state index in [4.69, 9.17) is 9.47 Å². The molecule has 1 amide bonds. The Balaban J connectivity index is 1.55. The number of ether oxygens (including phenoxy) is 2. The van der Waals surface area contributed by atoms with Crippen molar-refractivity contribution in [2.24, 2.45) is 0 Å². The van der Waals surface area contributed by atoms with E-state index >= 15 is 0 Å². The molecule has 0 aliphatic heterocycles. The zero-order chi connectivity index (χ0) is 22.7. The summed E-state index contributed by atoms with van der Waals surface area (Å²) in [6.07, 6.45) is 7.10. The van der Waals surface area contributed by atoms with Gasteiger partial charge in [0.2, 0.25) is 5.91 Å². The molecule has 1 fully saturated rings. The Labute approximate surface area is 188 Å². The monoisotopic (exact) mass is 434 g/mol. The van der Waals surface area contributed by atoms with Gasteiger partial charge in [-0.15, -0.1) is 0 Å². The van der Waals surface area contributed by atoms with Crippen molar-refractivity contribution in [3.8, 4) is 5.75 Å². The number of likely N-dealkylation sites (N-methyl/N-ethyl adjacent to an activating group) is 1. The molecule has 1 heterocycles. The zero-order valence-electron chi connectivity index (χ0n) is 19.0. The van der Waals surface area contributed by atoms with E-state index in [0.717, 1.165) is 34.9 Å². The van der Waals surface area contributed by atoms with Gasteiger partial charge in [0.1, 0.15) is 5.75 Å². The number of methoxy groups -OCH3 is 2. The smallest absolute Gasteiger partial charge is 0.337 e. The number of fused-ring (bicyclic) bond motifs is 1. The van der Waals surface area contributed by atoms with Crippen molar-refractivity contribution in [3.63, 3.8) is 0 Å². The number of carbonyl (C=O) groups excluding carboxylic acids is 2. The second-order valence-electron chi connectivity index (χ2n) is 8.47. The van der Waals surface area contributed by atoms with Gasteiger partial charge in [-0.25, -0.2) is 4.79 Å². The predicted octanol–water partition coefficient (Wildman–Crippen LogP) is 4.43. The van der Waals surface area contributed by atoms with Crippen LogP contribution in [0.25, 0.3) is 10.9 Å². The van der Waals surface area contributed by atoms with Crippen LogP contribution in [0.5, 0.6) is 5.75 Å². The highest BCUT2D eigenvalue weighted by atomic mass is 16.5. The van der Waals surface area contributed by atoms with Crippen LogP contribution in [0, 0.1) is 0 Å². The van der Waals surface area contributed by atoms with Crippen LogP contribution in [0.2, 0.25) is 0 Å². The highest BCUT2D eigenvalue weighted by Gasteiger charge is 2.23. The lowest BCUT2D eigenvalue weighted by atomic mass is 10.1. The first-order valence-electron chi connectivity index (χ1n) is 11.1. The third-order valence-corrected chi connectivity index (χ3v) is 6.51. The Morgan fingerprint density at radius 1 is 1.06 bits per heavy atom. The van der Waals surface area contributed by atoms with Crippen molar-refractivity contribution in [2.45, 2.75) is 44.7 Å². The van der Waals surface area contributed by atoms with Gasteiger partial charge in [0.25, 0.3) is 0 Å². The van der Waals surface area contributed by atoms with Gasteiger partial charge in [-0.2, -0.15) is 0 Å². The van der Waals surface area contributed by atoms with Gasteiger partial charge in [0, 0.05) is 30.4 Å². The molecule has 1 aromatic heterocycles. The highest BCUT2D eigenvalue weighted by Crippen LogP contribution is 2.26. The lowest BCUT2D eigenvalue weighted by molar-refractivity contribution is -0.131. The van der Waals surface area contributed by atoms with Crippen LogP contribution in [-0.4, -0.2) is 48.7 Å². The van der Waals surface area contributed by atoms with Gasteiger partial charge >= 0.3 is 5.97 Å². The molecule has 0 unspecified atom stereocenters. The van der Waals surface area contributed by atoms with Gasteiger partial charge in [0.05, 0.1) is 32.7 Å². The molecule has 4 rings (SSSR count). The quantitative estimate of drug-likeness (QED) is 0.516. The SMILES string of the molecule is COC(=O)c1ccc(Cn2ccc3ccc(CC(=O)N(C)C4CCCC4)cc32)c(OC)c1. The third-order valence-electron chi connectivity index (χ3n) is 6.51. The van der Waals surface area contributed by atoms with Crippen molar-refractivity contribution in [1.82, 2.24) is 9.47 Å². The highest BCUT2D eigenvalue weighted by molar-refractivity contribution is 5.90. The summed E-state index contributed by atoms with van der Waals surface area (Å²) in [5.74, 6) is 0.423. The largest absolute Gasteiger partial charge is 0.496 e. The lowest BCUT2D eigenvalue weighted by Crippen LogP contribution is -2.36. The van der Waals surface area contributed by atoms with Crippen LogP contribution < -0.4 is 4.74 Å². The van der Waals surface area contributed by atoms with E-state index in [1.54, 1.807) is 19.2 Å². The number of hydrogen-bond donors (Lipinski definition) is 0. The van der Waals surface area contributed by atoms with Crippen molar-refractivity contribution in [3.05, 3.63) is 65.4 Å². The summed E-state index contributed by atoms with van der Waals surface area (Å²) in [7, 11) is 4.89. The maximum atomic E-state index is 12.8. The summed E-state index contributed by atoms with van der Waals surface area (Å²) in [4.78, 5) is 26.6. The molecule has 6 heteroatoms. The minimum atomic E-state index is -0.391. The van der Waals surface area contributed by atoms with Crippen LogP contribution in [0.3, 0.4) is 0 Å². The molecule has 6 nitrogen and oxygen atoms in total. The Morgan fingerprint density at radius 3 is 2.56 bits per heavy atom. The van der Waals surface area contributed by atoms with E-state index in [9.17, 15) is 9.59 Å². The van der Waals surface area contributed by atoms with Crippen LogP contribution in [0.15, 0.2) is 48.7 Å². The molecular weight excluding hydrogens is 404 g/mol. The molecule has 0 bridgehead atoms. The maximum absolute atomic E-state index is 12.8. The van der Waals surface area contributed by atoms with Crippen molar-refractivity contribution in [1.29, 1.82) is 0 Å². The molecule has 0 atom stereocenters. The number of benzene rings is 2. The van der Waals surface area contributed by atoms with E-state index < -0.39 is 5.97 Å². The van der Waals surface area contributed by atoms with Crippen molar-refractivity contribution >= 4 is 22.8 Å². The first-order valence-corrected chi connectivity index (χ1v) is 11.1. The fourth-order valence-electron chi connectivity index (χ4n) is 4.58. The molecule has 0 radical (unpaired) electrons. The Hall–Kier alpha value is -3.28. The normalized spacial score (nSPS) is 14.0. The van der Waals surface area contributed by atoms with E-state index in [1.807, 2.05) is 30.3 Å². The predicted molar refractivity (Wildman–Crippen MR) is 124 cm³/mol. The summed E-state index contributed by atoms with van der Waals surface area (Å²) in [5, 5.41) is 1.12. The van der Waals surface area contributed by atoms with E-state index in [1.165, 1.54) is 20.0 Å². The number of carbonyl (C=O) groups is 2. The minimum Gasteiger partial charge on any atom is -0.496 e. The number of hydrogen-bond acceptors (Lipinski definition) is 4. The van der Waals surface area contributed by atoms with Crippen LogP contribution >= 0.6 is 0 Å². The van der Waals surface area contributed by atoms with Gasteiger partial charge in [-0.05, 0) is 48.1 Å². The molecule has 0 N–H and O–H groups in total. The molecular formula is C26H30N2O4. The second-order valence-corrected chi connectivity index (χ2v) is 8.47. The first-order chi connectivity index (χ1) is 15.5. The molecule has 3 aromatic rings. The van der Waals surface area contributed by atoms with E-state index in [2.05, 4.69) is 22.8 Å². The fraction of sp³-hybridized carbons (Fsp3) is 0.385. The van der Waals surface area contributed by atoms with Crippen molar-refractivity contribution in [2.75, 3.05) is 21.3 Å². The first kappa shape index (κ1) is 21.9. The topological polar surface area (TPSA) is 60.8 Å². The average Bonchev–Trinajstić information content (AvgIpc) is 3.49. The number of aromatic nitrogens is 1. The zero-order valence-corrected chi connectivity index (χ0v) is 19.0. The third kappa shape index (κ3) is 4.49. The standard InChI is InChI=1S/C26H30N2O4/c1-27(22-6-4-5-7-22)25(29)15-18-8-9-19-12-13-28(23(19)14-18)17-21-11-10-20(26(30)32-3)16-24(21)31-2/h8-14,16,22H,4-7,15,17H2,1-3H3. The average molecular weight is 435 g/mol. The second kappa shape index (κ2) is 9.47. The minimum absolute atomic E-state index is 0.175. The molecule has 1 aliphatic rings. The molecule has 2 aromatic carbocycles. The molecule has 1 aliphatic carbocycles. The maximum Gasteiger partial charge on any atom is 0.337 e. The summed E-state index contributed by atoms with van der Waals surface area (Å²) in [6.45, 7) is 0.591. The molecule has 0 spiro atoms. The molecule has 32 heavy (non-hydrogen) atoms. The summed E-state index contributed by atoms with van der Waals surface area (Å²) >= 11 is 0. The number of nitrogens with zero attached hydrogens (tertiary/aromatic N) is 2. The molecule has 0 saturated heterocycles. The number of amides is 1. The van der Waals surface area contributed by atoms with Gasteiger partial charge < -0.3 is 18.9 Å². The summed E-state index contributed by atoms with van der Waals surface area (Å²) in [6, 6.07) is 14.0. The van der Waals surface area contributed by atoms with E-state index in [0.29, 0.717) is 30.3 Å². The Bertz CT molecular complexity index is 1130. The van der Waals surface area contributed by atoms with Crippen molar-refractivity contribution < 1.29 is 19.1 Å². The van der Waals surface area contributed by atoms with Gasteiger partial charge in [0.15, 0.2) is 0 Å². The Kier molecular flexibility index (Phi) is 6.49. The van der Waals surface area contributed by atoms with E-state index in [-0.39, 0.29) is 5.91 Å². The van der Waals surface area contributed by atoms with Crippen LogP contribution in [0.1, 0.15) is 47.2 Å². The number of esters is 1. The number of rotatable bonds is 7. The van der Waals surface area contributed by atoms with Crippen LogP contribution in [0.4, 0.5) is 0 Å². The summed E-state index contributed by atoms with van der Waals surface area (Å²) in [5.41, 5.74) is 3.50. The molecule has 1 saturated carbocycles. The van der Waals surface area contributed by atoms with Crippen LogP contribution in [-0.2, 0) is 22.5 Å². The molecule has 168 valence electrons. The van der Waals surface area contributed by atoms with Gasteiger partial charge in [-0.3, -0.25) is 4.79 Å². The van der Waals surface area contributed by atoms with Gasteiger partial charge in [-0.1, -0.05) is 31.0 Å². The summed E-state index contributed by atoms with van der Waals surface area (Å²) < 4.78 is 12.5. The Morgan fingerprint density at radius 2 is 1.84 bits per heavy atom. The fourth-order valence-corrected chi connectivity index (χ4v) is 4.58.